The van der Waals surface area contributed by atoms with Crippen molar-refractivity contribution in [2.75, 3.05) is 0 Å². The van der Waals surface area contributed by atoms with E-state index < -0.39 is 0 Å². The first-order valence-electron chi connectivity index (χ1n) is 6.91. The lowest BCUT2D eigenvalue weighted by Gasteiger charge is -2.04. The summed E-state index contributed by atoms with van der Waals surface area (Å²) in [6, 6.07) is 18.7. The molecule has 0 saturated heterocycles. The van der Waals surface area contributed by atoms with E-state index in [1.807, 2.05) is 18.2 Å². The third kappa shape index (κ3) is 2.92. The number of fused-ring (bicyclic) bond motifs is 1. The average Bonchev–Trinajstić information content (AvgIpc) is 2.50. The van der Waals surface area contributed by atoms with Crippen molar-refractivity contribution in [1.29, 1.82) is 0 Å². The minimum Gasteiger partial charge on any atom is -0.411 e. The number of benzene rings is 2. The molecule has 0 spiro atoms. The molecule has 0 aliphatic carbocycles. The van der Waals surface area contributed by atoms with Gasteiger partial charge < -0.3 is 5.21 Å². The van der Waals surface area contributed by atoms with Gasteiger partial charge in [0.1, 0.15) is 6.21 Å². The van der Waals surface area contributed by atoms with Crippen molar-refractivity contribution in [2.45, 2.75) is 13.5 Å². The first kappa shape index (κ1) is 13.3. The van der Waals surface area contributed by atoms with E-state index in [4.69, 9.17) is 5.21 Å². The molecule has 21 heavy (non-hydrogen) atoms. The summed E-state index contributed by atoms with van der Waals surface area (Å²) in [6.45, 7) is 2.82. The highest BCUT2D eigenvalue weighted by Crippen LogP contribution is 2.12. The Bertz CT molecular complexity index is 792. The summed E-state index contributed by atoms with van der Waals surface area (Å²) in [6.07, 6.45) is 3.56. The van der Waals surface area contributed by atoms with Crippen molar-refractivity contribution in [3.8, 4) is 0 Å². The van der Waals surface area contributed by atoms with Gasteiger partial charge in [0.25, 0.3) is 0 Å². The molecule has 0 aliphatic rings. The Balaban J connectivity index is 2.06. The van der Waals surface area contributed by atoms with Crippen LogP contribution >= 0.6 is 0 Å². The van der Waals surface area contributed by atoms with Crippen molar-refractivity contribution < 1.29 is 9.77 Å². The molecule has 0 amide bonds. The number of aryl methyl sites for hydroxylation is 1. The fourth-order valence-corrected chi connectivity index (χ4v) is 2.44. The molecule has 0 fully saturated rings. The van der Waals surface area contributed by atoms with Crippen LogP contribution in [0.3, 0.4) is 0 Å². The van der Waals surface area contributed by atoms with E-state index in [0.717, 1.165) is 17.6 Å². The van der Waals surface area contributed by atoms with Crippen LogP contribution in [0.5, 0.6) is 0 Å². The van der Waals surface area contributed by atoms with Gasteiger partial charge in [-0.15, -0.1) is 0 Å². The molecule has 3 nitrogen and oxygen atoms in total. The minimum absolute atomic E-state index is 0.743. The normalized spacial score (nSPS) is 11.3. The summed E-state index contributed by atoms with van der Waals surface area (Å²) in [7, 11) is 0. The fraction of sp³-hybridized carbons (Fsp3) is 0.111. The van der Waals surface area contributed by atoms with Gasteiger partial charge in [-0.25, -0.2) is 0 Å². The van der Waals surface area contributed by atoms with Crippen molar-refractivity contribution in [2.24, 2.45) is 5.16 Å². The third-order valence-corrected chi connectivity index (χ3v) is 3.59. The number of nitrogens with zero attached hydrogens (tertiary/aromatic N) is 2. The lowest BCUT2D eigenvalue weighted by molar-refractivity contribution is -0.687. The summed E-state index contributed by atoms with van der Waals surface area (Å²) in [5.41, 5.74) is 3.34. The largest absolute Gasteiger partial charge is 0.411 e. The average molecular weight is 277 g/mol. The zero-order valence-corrected chi connectivity index (χ0v) is 11.9. The summed E-state index contributed by atoms with van der Waals surface area (Å²) < 4.78 is 2.09. The molecule has 0 bridgehead atoms. The number of aromatic nitrogens is 1. The van der Waals surface area contributed by atoms with E-state index in [9.17, 15) is 0 Å². The van der Waals surface area contributed by atoms with Crippen molar-refractivity contribution >= 4 is 17.0 Å². The Kier molecular flexibility index (Phi) is 3.65. The molecule has 0 radical (unpaired) electrons. The highest BCUT2D eigenvalue weighted by molar-refractivity contribution is 5.86. The third-order valence-electron chi connectivity index (χ3n) is 3.59. The zero-order chi connectivity index (χ0) is 14.7. The van der Waals surface area contributed by atoms with Crippen LogP contribution in [0, 0.1) is 6.92 Å². The maximum absolute atomic E-state index is 8.87. The first-order chi connectivity index (χ1) is 10.3. The number of hydrogen-bond acceptors (Lipinski definition) is 2. The van der Waals surface area contributed by atoms with Crippen LogP contribution in [0.2, 0.25) is 0 Å². The van der Waals surface area contributed by atoms with E-state index in [-0.39, 0.29) is 0 Å². The number of oxime groups is 1. The van der Waals surface area contributed by atoms with Gasteiger partial charge in [0, 0.05) is 17.0 Å². The Morgan fingerprint density at radius 2 is 1.76 bits per heavy atom. The van der Waals surface area contributed by atoms with Crippen LogP contribution < -0.4 is 4.57 Å². The fourth-order valence-electron chi connectivity index (χ4n) is 2.44. The minimum atomic E-state index is 0.743. The monoisotopic (exact) mass is 277 g/mol. The second kappa shape index (κ2) is 5.75. The van der Waals surface area contributed by atoms with Crippen molar-refractivity contribution in [1.82, 2.24) is 0 Å². The van der Waals surface area contributed by atoms with Gasteiger partial charge in [-0.2, -0.15) is 4.57 Å². The first-order valence-corrected chi connectivity index (χ1v) is 6.91. The van der Waals surface area contributed by atoms with Gasteiger partial charge >= 0.3 is 0 Å². The van der Waals surface area contributed by atoms with E-state index >= 15 is 0 Å². The molecule has 1 aromatic heterocycles. The molecule has 2 aromatic carbocycles. The lowest BCUT2D eigenvalue weighted by Crippen LogP contribution is -2.38. The van der Waals surface area contributed by atoms with Crippen LogP contribution in [-0.2, 0) is 6.54 Å². The molecule has 0 unspecified atom stereocenters. The Morgan fingerprint density at radius 3 is 2.48 bits per heavy atom. The molecule has 104 valence electrons. The maximum Gasteiger partial charge on any atom is 0.227 e. The molecule has 3 heteroatoms. The van der Waals surface area contributed by atoms with Crippen LogP contribution in [0.1, 0.15) is 16.8 Å². The summed E-state index contributed by atoms with van der Waals surface area (Å²) in [5.74, 6) is 0. The van der Waals surface area contributed by atoms with Crippen LogP contribution in [0.25, 0.3) is 10.8 Å². The van der Waals surface area contributed by atoms with Crippen LogP contribution in [-0.4, -0.2) is 11.4 Å². The highest BCUT2D eigenvalue weighted by atomic mass is 16.4. The standard InChI is InChI=1S/C18H16N2O/c1-14-6-8-15(9-7-14)12-20-13-17-5-3-2-4-16(17)10-18(20)11-19-21/h2-11,13H,12H2,1H3/p+1. The molecule has 0 aliphatic heterocycles. The summed E-state index contributed by atoms with van der Waals surface area (Å²) in [4.78, 5) is 0. The molecule has 0 atom stereocenters. The van der Waals surface area contributed by atoms with Gasteiger partial charge in [-0.1, -0.05) is 53.2 Å². The second-order valence-corrected chi connectivity index (χ2v) is 5.19. The molecule has 3 rings (SSSR count). The number of rotatable bonds is 3. The maximum atomic E-state index is 8.87. The van der Waals surface area contributed by atoms with Gasteiger partial charge in [-0.3, -0.25) is 0 Å². The Morgan fingerprint density at radius 1 is 1.05 bits per heavy atom. The van der Waals surface area contributed by atoms with Gasteiger partial charge in [-0.05, 0) is 18.4 Å². The molecular formula is C18H17N2O+. The molecule has 1 heterocycles. The highest BCUT2D eigenvalue weighted by Gasteiger charge is 2.12. The molecule has 3 aromatic rings. The predicted octanol–water partition coefficient (Wildman–Crippen LogP) is 3.29. The number of hydrogen-bond donors (Lipinski definition) is 1. The van der Waals surface area contributed by atoms with Crippen molar-refractivity contribution in [3.63, 3.8) is 0 Å². The quantitative estimate of drug-likeness (QED) is 0.339. The lowest BCUT2D eigenvalue weighted by atomic mass is 10.1. The zero-order valence-electron chi connectivity index (χ0n) is 11.9. The van der Waals surface area contributed by atoms with E-state index in [1.54, 1.807) is 0 Å². The topological polar surface area (TPSA) is 36.5 Å². The van der Waals surface area contributed by atoms with Crippen LogP contribution in [0.15, 0.2) is 65.9 Å². The smallest absolute Gasteiger partial charge is 0.227 e. The number of pyridine rings is 1. The predicted molar refractivity (Wildman–Crippen MR) is 83.8 cm³/mol. The SMILES string of the molecule is Cc1ccc(C[n+]2cc3ccccc3cc2/C=N\O)cc1. The van der Waals surface area contributed by atoms with Gasteiger partial charge in [0.05, 0.1) is 0 Å². The van der Waals surface area contributed by atoms with Gasteiger partial charge in [0.15, 0.2) is 12.7 Å². The summed E-state index contributed by atoms with van der Waals surface area (Å²) in [5, 5.41) is 14.4. The summed E-state index contributed by atoms with van der Waals surface area (Å²) >= 11 is 0. The van der Waals surface area contributed by atoms with E-state index in [1.165, 1.54) is 22.7 Å². The molecule has 1 N–H and O–H groups in total. The molecule has 0 saturated carbocycles. The molecular weight excluding hydrogens is 260 g/mol. The van der Waals surface area contributed by atoms with E-state index in [2.05, 4.69) is 59.2 Å². The Hall–Kier alpha value is -2.68. The van der Waals surface area contributed by atoms with Gasteiger partial charge in [0.2, 0.25) is 5.69 Å². The Labute approximate surface area is 123 Å². The van der Waals surface area contributed by atoms with Crippen LogP contribution in [0.4, 0.5) is 0 Å². The van der Waals surface area contributed by atoms with Crippen molar-refractivity contribution in [3.05, 3.63) is 77.6 Å². The van der Waals surface area contributed by atoms with E-state index in [0.29, 0.717) is 0 Å². The second-order valence-electron chi connectivity index (χ2n) is 5.19.